The smallest absolute Gasteiger partial charge is 0.281 e. The van der Waals surface area contributed by atoms with Crippen molar-refractivity contribution < 1.29 is 14.2 Å². The van der Waals surface area contributed by atoms with Crippen LogP contribution in [0.15, 0.2) is 30.3 Å². The lowest BCUT2D eigenvalue weighted by atomic mass is 10.3. The van der Waals surface area contributed by atoms with E-state index in [-0.39, 0.29) is 22.6 Å². The molecule has 0 radical (unpaired) electrons. The van der Waals surface area contributed by atoms with Gasteiger partial charge < -0.3 is 9.84 Å². The Morgan fingerprint density at radius 2 is 1.88 bits per heavy atom. The lowest BCUT2D eigenvalue weighted by Crippen LogP contribution is -1.91. The van der Waals surface area contributed by atoms with Crippen LogP contribution in [0.5, 0.6) is 17.4 Å². The minimum Gasteiger partial charge on any atom is -0.503 e. The van der Waals surface area contributed by atoms with Crippen molar-refractivity contribution in [2.75, 3.05) is 0 Å². The number of benzene rings is 1. The van der Waals surface area contributed by atoms with Crippen LogP contribution in [-0.4, -0.2) is 15.3 Å². The predicted octanol–water partition coefficient (Wildman–Crippen LogP) is 2.77. The fourth-order valence-electron chi connectivity index (χ4n) is 1.03. The molecule has 0 fully saturated rings. The molecule has 0 saturated carbocycles. The van der Waals surface area contributed by atoms with Gasteiger partial charge >= 0.3 is 0 Å². The Morgan fingerprint density at radius 3 is 2.50 bits per heavy atom. The van der Waals surface area contributed by atoms with E-state index >= 15 is 0 Å². The number of hydrogen-bond donors (Lipinski definition) is 1. The van der Waals surface area contributed by atoms with Gasteiger partial charge in [0.1, 0.15) is 11.6 Å². The molecule has 0 amide bonds. The third-order valence-electron chi connectivity index (χ3n) is 1.74. The maximum Gasteiger partial charge on any atom is 0.281 e. The van der Waals surface area contributed by atoms with E-state index in [1.807, 2.05) is 0 Å². The molecule has 2 aromatic rings. The first-order valence-corrected chi connectivity index (χ1v) is 4.68. The first-order chi connectivity index (χ1) is 7.65. The fraction of sp³-hybridized carbons (Fsp3) is 0. The van der Waals surface area contributed by atoms with Crippen molar-refractivity contribution in [3.05, 3.63) is 41.3 Å². The Labute approximate surface area is 95.3 Å². The Hall–Kier alpha value is -1.88. The number of halogens is 2. The summed E-state index contributed by atoms with van der Waals surface area (Å²) >= 11 is 5.50. The van der Waals surface area contributed by atoms with E-state index in [2.05, 4.69) is 10.2 Å². The molecule has 0 spiro atoms. The van der Waals surface area contributed by atoms with Gasteiger partial charge in [-0.25, -0.2) is 4.39 Å². The fourth-order valence-corrected chi connectivity index (χ4v) is 1.18. The number of hydrogen-bond acceptors (Lipinski definition) is 4. The zero-order valence-corrected chi connectivity index (χ0v) is 8.65. The molecule has 0 bridgehead atoms. The van der Waals surface area contributed by atoms with Crippen molar-refractivity contribution in [1.82, 2.24) is 10.2 Å². The molecule has 0 unspecified atom stereocenters. The summed E-state index contributed by atoms with van der Waals surface area (Å²) in [5.74, 6) is -0.354. The van der Waals surface area contributed by atoms with E-state index < -0.39 is 0 Å². The van der Waals surface area contributed by atoms with E-state index in [4.69, 9.17) is 16.3 Å². The maximum absolute atomic E-state index is 12.6. The van der Waals surface area contributed by atoms with Gasteiger partial charge in [-0.15, -0.1) is 10.2 Å². The molecule has 2 rings (SSSR count). The van der Waals surface area contributed by atoms with Gasteiger partial charge in [-0.2, -0.15) is 0 Å². The highest BCUT2D eigenvalue weighted by Gasteiger charge is 2.07. The van der Waals surface area contributed by atoms with Gasteiger partial charge in [0.05, 0.1) is 0 Å². The van der Waals surface area contributed by atoms with Crippen LogP contribution in [0, 0.1) is 5.82 Å². The summed E-state index contributed by atoms with van der Waals surface area (Å²) in [6.07, 6.45) is 0. The zero-order chi connectivity index (χ0) is 11.5. The summed E-state index contributed by atoms with van der Waals surface area (Å²) < 4.78 is 17.8. The Kier molecular flexibility index (Phi) is 2.87. The van der Waals surface area contributed by atoms with Crippen molar-refractivity contribution >= 4 is 11.6 Å². The van der Waals surface area contributed by atoms with Gasteiger partial charge in [0.15, 0.2) is 10.9 Å². The van der Waals surface area contributed by atoms with Crippen LogP contribution in [-0.2, 0) is 0 Å². The number of rotatable bonds is 2. The molecule has 0 atom stereocenters. The van der Waals surface area contributed by atoms with E-state index in [1.54, 1.807) is 0 Å². The van der Waals surface area contributed by atoms with Crippen molar-refractivity contribution in [2.24, 2.45) is 0 Å². The normalized spacial score (nSPS) is 10.1. The average Bonchev–Trinajstić information content (AvgIpc) is 2.25. The van der Waals surface area contributed by atoms with E-state index in [0.29, 0.717) is 5.75 Å². The number of nitrogens with zero attached hydrogens (tertiary/aromatic N) is 2. The second kappa shape index (κ2) is 4.32. The van der Waals surface area contributed by atoms with E-state index in [0.717, 1.165) is 0 Å². The first-order valence-electron chi connectivity index (χ1n) is 4.31. The number of ether oxygens (including phenoxy) is 1. The molecule has 1 aromatic carbocycles. The van der Waals surface area contributed by atoms with Crippen molar-refractivity contribution in [1.29, 1.82) is 0 Å². The van der Waals surface area contributed by atoms with Crippen LogP contribution in [0.2, 0.25) is 5.15 Å². The second-order valence-corrected chi connectivity index (χ2v) is 3.30. The third kappa shape index (κ3) is 2.38. The zero-order valence-electron chi connectivity index (χ0n) is 7.89. The largest absolute Gasteiger partial charge is 0.503 e. The summed E-state index contributed by atoms with van der Waals surface area (Å²) in [5.41, 5.74) is 0. The Balaban J connectivity index is 2.23. The van der Waals surface area contributed by atoms with E-state index in [1.165, 1.54) is 30.3 Å². The maximum atomic E-state index is 12.6. The van der Waals surface area contributed by atoms with Crippen LogP contribution >= 0.6 is 11.6 Å². The molecule has 1 N–H and O–H groups in total. The minimum atomic E-state index is -0.376. The van der Waals surface area contributed by atoms with Crippen molar-refractivity contribution in [3.63, 3.8) is 0 Å². The summed E-state index contributed by atoms with van der Waals surface area (Å²) in [4.78, 5) is 0. The minimum absolute atomic E-state index is 0.0592. The highest BCUT2D eigenvalue weighted by Crippen LogP contribution is 2.28. The highest BCUT2D eigenvalue weighted by molar-refractivity contribution is 6.29. The Morgan fingerprint density at radius 1 is 1.19 bits per heavy atom. The van der Waals surface area contributed by atoms with Crippen molar-refractivity contribution in [3.8, 4) is 17.4 Å². The van der Waals surface area contributed by atoms with E-state index in [9.17, 15) is 9.50 Å². The number of aromatic nitrogens is 2. The predicted molar refractivity (Wildman–Crippen MR) is 55.2 cm³/mol. The monoisotopic (exact) mass is 240 g/mol. The lowest BCUT2D eigenvalue weighted by Gasteiger charge is -2.05. The quantitative estimate of drug-likeness (QED) is 0.877. The van der Waals surface area contributed by atoms with Crippen LogP contribution in [0.1, 0.15) is 0 Å². The molecule has 16 heavy (non-hydrogen) atoms. The SMILES string of the molecule is Oc1cc(Cl)nnc1Oc1ccc(F)cc1. The van der Waals surface area contributed by atoms with Gasteiger partial charge in [0.2, 0.25) is 0 Å². The molecular formula is C10H6ClFN2O2. The first kappa shape index (κ1) is 10.6. The molecule has 1 heterocycles. The van der Waals surface area contributed by atoms with Gasteiger partial charge in [0, 0.05) is 6.07 Å². The summed E-state index contributed by atoms with van der Waals surface area (Å²) in [5, 5.41) is 16.5. The Bertz CT molecular complexity index is 505. The molecule has 0 saturated heterocycles. The molecule has 6 heteroatoms. The average molecular weight is 241 g/mol. The topological polar surface area (TPSA) is 55.2 Å². The summed E-state index contributed by atoms with van der Waals surface area (Å²) in [6.45, 7) is 0. The standard InChI is InChI=1S/C10H6ClFN2O2/c11-9-5-8(15)10(14-13-9)16-7-3-1-6(12)2-4-7/h1-5H,(H,13,15). The van der Waals surface area contributed by atoms with Crippen LogP contribution < -0.4 is 4.74 Å². The van der Waals surface area contributed by atoms with Crippen LogP contribution in [0.4, 0.5) is 4.39 Å². The third-order valence-corrected chi connectivity index (χ3v) is 1.92. The molecule has 0 aliphatic rings. The summed E-state index contributed by atoms with van der Waals surface area (Å²) in [6, 6.07) is 6.48. The molecule has 0 aliphatic heterocycles. The highest BCUT2D eigenvalue weighted by atomic mass is 35.5. The summed E-state index contributed by atoms with van der Waals surface area (Å²) in [7, 11) is 0. The lowest BCUT2D eigenvalue weighted by molar-refractivity contribution is 0.391. The van der Waals surface area contributed by atoms with Gasteiger partial charge in [-0.1, -0.05) is 11.6 Å². The van der Waals surface area contributed by atoms with Gasteiger partial charge in [-0.05, 0) is 24.3 Å². The number of aromatic hydroxyl groups is 1. The van der Waals surface area contributed by atoms with Gasteiger partial charge in [0.25, 0.3) is 5.88 Å². The molecule has 4 nitrogen and oxygen atoms in total. The molecule has 1 aromatic heterocycles. The second-order valence-electron chi connectivity index (χ2n) is 2.91. The van der Waals surface area contributed by atoms with Crippen LogP contribution in [0.25, 0.3) is 0 Å². The van der Waals surface area contributed by atoms with Crippen LogP contribution in [0.3, 0.4) is 0 Å². The molecule has 82 valence electrons. The molecule has 0 aliphatic carbocycles. The molecular weight excluding hydrogens is 235 g/mol. The van der Waals surface area contributed by atoms with Gasteiger partial charge in [-0.3, -0.25) is 0 Å². The van der Waals surface area contributed by atoms with Crippen molar-refractivity contribution in [2.45, 2.75) is 0 Å².